The second-order valence-electron chi connectivity index (χ2n) is 4.51. The molecule has 0 atom stereocenters. The van der Waals surface area contributed by atoms with E-state index in [1.54, 1.807) is 0 Å². The summed E-state index contributed by atoms with van der Waals surface area (Å²) < 4.78 is 5.28. The number of hydrogen-bond acceptors (Lipinski definition) is 3. The molecule has 18 heavy (non-hydrogen) atoms. The minimum atomic E-state index is -0.0868. The first kappa shape index (κ1) is 11.2. The zero-order valence-corrected chi connectivity index (χ0v) is 10.2. The van der Waals surface area contributed by atoms with Gasteiger partial charge in [0, 0.05) is 12.0 Å². The maximum Gasteiger partial charge on any atom is 0.256 e. The van der Waals surface area contributed by atoms with Gasteiger partial charge in [0.1, 0.15) is 5.82 Å². The Labute approximate surface area is 105 Å². The standard InChI is InChI=1S/C14H14N2O2/c1-9-3-2-4-10(7-9)13-15-12-5-6-18-8-11(12)14(17)16-13/h2-4,7H,5-6,8H2,1H3,(H,15,16,17). The molecule has 0 aliphatic carbocycles. The lowest BCUT2D eigenvalue weighted by molar-refractivity contribution is 0.108. The Morgan fingerprint density at radius 3 is 3.11 bits per heavy atom. The van der Waals surface area contributed by atoms with E-state index >= 15 is 0 Å². The van der Waals surface area contributed by atoms with Gasteiger partial charge >= 0.3 is 0 Å². The number of hydrogen-bond donors (Lipinski definition) is 1. The molecule has 92 valence electrons. The highest BCUT2D eigenvalue weighted by atomic mass is 16.5. The number of ether oxygens (including phenoxy) is 1. The maximum atomic E-state index is 12.0. The van der Waals surface area contributed by atoms with Crippen molar-refractivity contribution in [3.8, 4) is 11.4 Å². The van der Waals surface area contributed by atoms with Crippen molar-refractivity contribution in [3.63, 3.8) is 0 Å². The second kappa shape index (κ2) is 4.38. The molecule has 2 aromatic rings. The van der Waals surface area contributed by atoms with Crippen LogP contribution in [0.4, 0.5) is 0 Å². The van der Waals surface area contributed by atoms with Crippen LogP contribution in [0.15, 0.2) is 29.1 Å². The van der Waals surface area contributed by atoms with Gasteiger partial charge in [-0.1, -0.05) is 23.8 Å². The molecule has 1 N–H and O–H groups in total. The molecular weight excluding hydrogens is 228 g/mol. The SMILES string of the molecule is Cc1cccc(-c2nc3c(c(=O)[nH]2)COCC3)c1. The van der Waals surface area contributed by atoms with Gasteiger partial charge in [0.25, 0.3) is 5.56 Å². The van der Waals surface area contributed by atoms with Gasteiger partial charge in [-0.2, -0.15) is 0 Å². The third-order valence-corrected chi connectivity index (χ3v) is 3.12. The fraction of sp³-hybridized carbons (Fsp3) is 0.286. The molecule has 2 heterocycles. The van der Waals surface area contributed by atoms with Gasteiger partial charge in [0.2, 0.25) is 0 Å². The maximum absolute atomic E-state index is 12.0. The summed E-state index contributed by atoms with van der Waals surface area (Å²) in [6.07, 6.45) is 0.706. The molecule has 0 spiro atoms. The Morgan fingerprint density at radius 2 is 2.28 bits per heavy atom. The molecule has 3 rings (SSSR count). The molecule has 1 aliphatic rings. The lowest BCUT2D eigenvalue weighted by Crippen LogP contribution is -2.24. The highest BCUT2D eigenvalue weighted by Gasteiger charge is 2.16. The Kier molecular flexibility index (Phi) is 2.72. The van der Waals surface area contributed by atoms with Gasteiger partial charge < -0.3 is 9.72 Å². The summed E-state index contributed by atoms with van der Waals surface area (Å²) >= 11 is 0. The summed E-state index contributed by atoms with van der Waals surface area (Å²) in [6, 6.07) is 7.96. The summed E-state index contributed by atoms with van der Waals surface area (Å²) in [6.45, 7) is 3.02. The normalized spacial score (nSPS) is 14.3. The fourth-order valence-electron chi connectivity index (χ4n) is 2.17. The van der Waals surface area contributed by atoms with Crippen molar-refractivity contribution in [3.05, 3.63) is 51.4 Å². The molecule has 0 unspecified atom stereocenters. The van der Waals surface area contributed by atoms with Crippen molar-refractivity contribution >= 4 is 0 Å². The molecule has 1 aliphatic heterocycles. The number of aryl methyl sites for hydroxylation is 1. The van der Waals surface area contributed by atoms with Gasteiger partial charge in [-0.15, -0.1) is 0 Å². The highest BCUT2D eigenvalue weighted by molar-refractivity contribution is 5.56. The van der Waals surface area contributed by atoms with E-state index < -0.39 is 0 Å². The third-order valence-electron chi connectivity index (χ3n) is 3.12. The summed E-state index contributed by atoms with van der Waals surface area (Å²) in [5.74, 6) is 0.643. The van der Waals surface area contributed by atoms with Crippen LogP contribution < -0.4 is 5.56 Å². The smallest absolute Gasteiger partial charge is 0.256 e. The van der Waals surface area contributed by atoms with Gasteiger partial charge in [-0.3, -0.25) is 4.79 Å². The van der Waals surface area contributed by atoms with Crippen LogP contribution in [0.2, 0.25) is 0 Å². The molecule has 1 aromatic carbocycles. The first-order chi connectivity index (χ1) is 8.74. The van der Waals surface area contributed by atoms with Crippen LogP contribution in [0.5, 0.6) is 0 Å². The number of benzene rings is 1. The Bertz CT molecular complexity index is 646. The third kappa shape index (κ3) is 1.95. The molecule has 0 radical (unpaired) electrons. The molecule has 0 saturated heterocycles. The van der Waals surface area contributed by atoms with E-state index in [2.05, 4.69) is 9.97 Å². The van der Waals surface area contributed by atoms with Gasteiger partial charge in [0.05, 0.1) is 24.5 Å². The van der Waals surface area contributed by atoms with Crippen LogP contribution in [-0.2, 0) is 17.8 Å². The molecule has 4 heteroatoms. The van der Waals surface area contributed by atoms with E-state index in [-0.39, 0.29) is 5.56 Å². The average molecular weight is 242 g/mol. The zero-order valence-electron chi connectivity index (χ0n) is 10.2. The average Bonchev–Trinajstić information content (AvgIpc) is 2.39. The van der Waals surface area contributed by atoms with Crippen molar-refractivity contribution in [1.82, 2.24) is 9.97 Å². The minimum absolute atomic E-state index is 0.0868. The van der Waals surface area contributed by atoms with E-state index in [0.29, 0.717) is 31.0 Å². The number of H-pyrrole nitrogens is 1. The topological polar surface area (TPSA) is 55.0 Å². The van der Waals surface area contributed by atoms with Crippen LogP contribution >= 0.6 is 0 Å². The van der Waals surface area contributed by atoms with Gasteiger partial charge in [-0.05, 0) is 13.0 Å². The van der Waals surface area contributed by atoms with Gasteiger partial charge in [0.15, 0.2) is 0 Å². The van der Waals surface area contributed by atoms with Crippen molar-refractivity contribution in [2.24, 2.45) is 0 Å². The lowest BCUT2D eigenvalue weighted by atomic mass is 10.1. The Balaban J connectivity index is 2.14. The van der Waals surface area contributed by atoms with Crippen LogP contribution in [0.25, 0.3) is 11.4 Å². The van der Waals surface area contributed by atoms with Crippen LogP contribution in [0, 0.1) is 6.92 Å². The number of aromatic nitrogens is 2. The number of nitrogens with one attached hydrogen (secondary N) is 1. The Hall–Kier alpha value is -1.94. The molecular formula is C14H14N2O2. The molecule has 4 nitrogen and oxygen atoms in total. The van der Waals surface area contributed by atoms with E-state index in [0.717, 1.165) is 16.8 Å². The second-order valence-corrected chi connectivity index (χ2v) is 4.51. The zero-order chi connectivity index (χ0) is 12.5. The van der Waals surface area contributed by atoms with E-state index in [9.17, 15) is 4.79 Å². The van der Waals surface area contributed by atoms with E-state index in [1.165, 1.54) is 0 Å². The molecule has 0 saturated carbocycles. The van der Waals surface area contributed by atoms with Crippen molar-refractivity contribution in [1.29, 1.82) is 0 Å². The first-order valence-corrected chi connectivity index (χ1v) is 6.01. The Morgan fingerprint density at radius 1 is 1.39 bits per heavy atom. The van der Waals surface area contributed by atoms with Crippen LogP contribution in [0.3, 0.4) is 0 Å². The fourth-order valence-corrected chi connectivity index (χ4v) is 2.17. The summed E-state index contributed by atoms with van der Waals surface area (Å²) in [5.41, 5.74) is 3.54. The van der Waals surface area contributed by atoms with Crippen LogP contribution in [-0.4, -0.2) is 16.6 Å². The largest absolute Gasteiger partial charge is 0.376 e. The summed E-state index contributed by atoms with van der Waals surface area (Å²) in [5, 5.41) is 0. The van der Waals surface area contributed by atoms with Gasteiger partial charge in [-0.25, -0.2) is 4.98 Å². The number of rotatable bonds is 1. The number of nitrogens with zero attached hydrogens (tertiary/aromatic N) is 1. The quantitative estimate of drug-likeness (QED) is 0.829. The predicted molar refractivity (Wildman–Crippen MR) is 68.4 cm³/mol. The van der Waals surface area contributed by atoms with Crippen molar-refractivity contribution in [2.45, 2.75) is 20.0 Å². The monoisotopic (exact) mass is 242 g/mol. The minimum Gasteiger partial charge on any atom is -0.376 e. The molecule has 0 fully saturated rings. The number of aromatic amines is 1. The lowest BCUT2D eigenvalue weighted by Gasteiger charge is -2.15. The van der Waals surface area contributed by atoms with E-state index in [1.807, 2.05) is 31.2 Å². The van der Waals surface area contributed by atoms with Crippen molar-refractivity contribution in [2.75, 3.05) is 6.61 Å². The highest BCUT2D eigenvalue weighted by Crippen LogP contribution is 2.18. The molecule has 1 aromatic heterocycles. The predicted octanol–water partition coefficient (Wildman–Crippen LogP) is 1.82. The molecule has 0 amide bonds. The van der Waals surface area contributed by atoms with Crippen LogP contribution in [0.1, 0.15) is 16.8 Å². The molecule has 0 bridgehead atoms. The number of fused-ring (bicyclic) bond motifs is 1. The van der Waals surface area contributed by atoms with E-state index in [4.69, 9.17) is 4.74 Å². The van der Waals surface area contributed by atoms with Crippen molar-refractivity contribution < 1.29 is 4.74 Å². The summed E-state index contributed by atoms with van der Waals surface area (Å²) in [4.78, 5) is 19.3. The summed E-state index contributed by atoms with van der Waals surface area (Å²) in [7, 11) is 0. The first-order valence-electron chi connectivity index (χ1n) is 6.01.